The molecule has 0 saturated carbocycles. The number of esters is 1. The Morgan fingerprint density at radius 3 is 2.68 bits per heavy atom. The second-order valence-corrected chi connectivity index (χ2v) is 7.84. The molecular weight excluding hydrogens is 386 g/mol. The van der Waals surface area contributed by atoms with Crippen molar-refractivity contribution >= 4 is 27.7 Å². The van der Waals surface area contributed by atoms with Crippen LogP contribution in [-0.2, 0) is 30.9 Å². The Morgan fingerprint density at radius 2 is 1.96 bits per heavy atom. The van der Waals surface area contributed by atoms with E-state index >= 15 is 0 Å². The van der Waals surface area contributed by atoms with Crippen molar-refractivity contribution in [3.05, 3.63) is 53.5 Å². The summed E-state index contributed by atoms with van der Waals surface area (Å²) in [5, 5.41) is 0. The number of rotatable bonds is 6. The first-order chi connectivity index (χ1) is 13.3. The highest BCUT2D eigenvalue weighted by Crippen LogP contribution is 2.22. The number of amides is 1. The molecule has 0 radical (unpaired) electrons. The van der Waals surface area contributed by atoms with Gasteiger partial charge in [-0.1, -0.05) is 12.1 Å². The van der Waals surface area contributed by atoms with Gasteiger partial charge in [-0.3, -0.25) is 19.3 Å². The second-order valence-electron chi connectivity index (χ2n) is 6.19. The number of amidine groups is 1. The number of hydrogen-bond donors (Lipinski definition) is 1. The molecule has 0 unspecified atom stereocenters. The van der Waals surface area contributed by atoms with E-state index in [9.17, 15) is 18.0 Å². The molecule has 148 valence electrons. The summed E-state index contributed by atoms with van der Waals surface area (Å²) in [6.07, 6.45) is 0. The van der Waals surface area contributed by atoms with Crippen LogP contribution < -0.4 is 4.72 Å². The predicted molar refractivity (Wildman–Crippen MR) is 99.0 cm³/mol. The van der Waals surface area contributed by atoms with Gasteiger partial charge in [0.2, 0.25) is 0 Å². The fourth-order valence-electron chi connectivity index (χ4n) is 2.58. The van der Waals surface area contributed by atoms with Crippen LogP contribution in [0.1, 0.15) is 17.1 Å². The molecule has 9 nitrogen and oxygen atoms in total. The molecule has 1 aromatic heterocycles. The van der Waals surface area contributed by atoms with Crippen molar-refractivity contribution in [1.82, 2.24) is 9.62 Å². The number of aryl methyl sites for hydroxylation is 1. The van der Waals surface area contributed by atoms with Crippen LogP contribution >= 0.6 is 0 Å². The van der Waals surface area contributed by atoms with Crippen LogP contribution in [0, 0.1) is 6.92 Å². The highest BCUT2D eigenvalue weighted by molar-refractivity contribution is 7.90. The minimum Gasteiger partial charge on any atom is -0.464 e. The van der Waals surface area contributed by atoms with Gasteiger partial charge in [-0.2, -0.15) is 0 Å². The van der Waals surface area contributed by atoms with E-state index in [1.54, 1.807) is 44.3 Å². The number of furan rings is 1. The van der Waals surface area contributed by atoms with Crippen molar-refractivity contribution in [2.45, 2.75) is 18.4 Å². The molecule has 0 saturated heterocycles. The van der Waals surface area contributed by atoms with E-state index in [1.165, 1.54) is 11.0 Å². The lowest BCUT2D eigenvalue weighted by atomic mass is 10.2. The normalized spacial score (nSPS) is 15.7. The molecule has 1 aliphatic heterocycles. The Hall–Kier alpha value is -3.14. The molecule has 1 N–H and O–H groups in total. The third-order valence-electron chi connectivity index (χ3n) is 4.00. The zero-order valence-corrected chi connectivity index (χ0v) is 16.2. The van der Waals surface area contributed by atoms with Crippen molar-refractivity contribution in [1.29, 1.82) is 0 Å². The maximum atomic E-state index is 12.0. The number of hydrogen-bond acceptors (Lipinski definition) is 7. The van der Waals surface area contributed by atoms with Gasteiger partial charge >= 0.3 is 5.97 Å². The van der Waals surface area contributed by atoms with Gasteiger partial charge < -0.3 is 14.1 Å². The molecule has 2 heterocycles. The molecule has 1 aromatic carbocycles. The monoisotopic (exact) mass is 405 g/mol. The predicted octanol–water partition coefficient (Wildman–Crippen LogP) is 0.828. The molecule has 1 amide bonds. The van der Waals surface area contributed by atoms with E-state index in [0.717, 1.165) is 5.76 Å². The molecule has 0 fully saturated rings. The second kappa shape index (κ2) is 7.85. The van der Waals surface area contributed by atoms with Crippen LogP contribution in [-0.4, -0.2) is 51.2 Å². The fourth-order valence-corrected chi connectivity index (χ4v) is 3.84. The Kier molecular flexibility index (Phi) is 5.50. The zero-order valence-electron chi connectivity index (χ0n) is 15.3. The van der Waals surface area contributed by atoms with Gasteiger partial charge in [0.15, 0.2) is 6.61 Å². The highest BCUT2D eigenvalue weighted by atomic mass is 32.2. The number of nitrogens with zero attached hydrogens (tertiary/aromatic N) is 2. The summed E-state index contributed by atoms with van der Waals surface area (Å²) < 4.78 is 36.6. The molecule has 0 aliphatic carbocycles. The summed E-state index contributed by atoms with van der Waals surface area (Å²) in [6.45, 7) is 1.20. The Bertz CT molecular complexity index is 1040. The average Bonchev–Trinajstić information content (AvgIpc) is 3.18. The van der Waals surface area contributed by atoms with Gasteiger partial charge in [-0.15, -0.1) is 0 Å². The van der Waals surface area contributed by atoms with E-state index in [4.69, 9.17) is 9.15 Å². The number of fused-ring (bicyclic) bond motifs is 1. The van der Waals surface area contributed by atoms with E-state index in [-0.39, 0.29) is 17.3 Å². The van der Waals surface area contributed by atoms with E-state index in [1.807, 2.05) is 0 Å². The van der Waals surface area contributed by atoms with Crippen molar-refractivity contribution < 1.29 is 27.2 Å². The van der Waals surface area contributed by atoms with Crippen LogP contribution in [0.25, 0.3) is 0 Å². The highest BCUT2D eigenvalue weighted by Gasteiger charge is 2.30. The molecule has 10 heteroatoms. The first-order valence-electron chi connectivity index (χ1n) is 8.38. The zero-order chi connectivity index (χ0) is 20.3. The molecule has 0 bridgehead atoms. The van der Waals surface area contributed by atoms with Crippen LogP contribution in [0.15, 0.2) is 50.7 Å². The van der Waals surface area contributed by atoms with E-state index in [0.29, 0.717) is 11.3 Å². The van der Waals surface area contributed by atoms with Crippen molar-refractivity contribution in [3.63, 3.8) is 0 Å². The van der Waals surface area contributed by atoms with E-state index in [2.05, 4.69) is 9.71 Å². The van der Waals surface area contributed by atoms with Crippen LogP contribution in [0.5, 0.6) is 0 Å². The summed E-state index contributed by atoms with van der Waals surface area (Å²) in [5.41, 5.74) is 0.389. The maximum Gasteiger partial charge on any atom is 0.328 e. The minimum absolute atomic E-state index is 0.0733. The summed E-state index contributed by atoms with van der Waals surface area (Å²) in [7, 11) is -2.10. The molecule has 2 aromatic rings. The number of carbonyl (C=O) groups is 2. The van der Waals surface area contributed by atoms with Crippen LogP contribution in [0.4, 0.5) is 0 Å². The van der Waals surface area contributed by atoms with Gasteiger partial charge in [0.1, 0.15) is 23.9 Å². The number of likely N-dealkylation sites (N-methyl/N-ethyl adjacent to an activating group) is 1. The first kappa shape index (κ1) is 19.6. The maximum absolute atomic E-state index is 12.0. The lowest BCUT2D eigenvalue weighted by Crippen LogP contribution is -2.31. The first-order valence-corrected chi connectivity index (χ1v) is 9.86. The smallest absolute Gasteiger partial charge is 0.328 e. The standard InChI is InChI=1S/C18H19N3O6S/c1-12-7-8-13(27-12)10-21(2)16(22)11-26-17(23)9-19-18-14-5-3-4-6-15(14)28(24,25)20-18/h3-8H,9-11H2,1-2H3,(H,19,20). The molecular formula is C18H19N3O6S. The third kappa shape index (κ3) is 4.39. The number of sulfonamides is 1. The van der Waals surface area contributed by atoms with E-state index < -0.39 is 35.1 Å². The van der Waals surface area contributed by atoms with Gasteiger partial charge in [0.25, 0.3) is 15.9 Å². The Morgan fingerprint density at radius 1 is 1.21 bits per heavy atom. The van der Waals surface area contributed by atoms with Crippen LogP contribution in [0.2, 0.25) is 0 Å². The molecule has 28 heavy (non-hydrogen) atoms. The van der Waals surface area contributed by atoms with Gasteiger partial charge in [0, 0.05) is 12.6 Å². The number of benzene rings is 1. The van der Waals surface area contributed by atoms with Crippen molar-refractivity contribution in [3.8, 4) is 0 Å². The fraction of sp³-hybridized carbons (Fsp3) is 0.278. The number of ether oxygens (including phenoxy) is 1. The van der Waals surface area contributed by atoms with Crippen molar-refractivity contribution in [2.75, 3.05) is 20.2 Å². The largest absolute Gasteiger partial charge is 0.464 e. The number of carbonyl (C=O) groups excluding carboxylic acids is 2. The third-order valence-corrected chi connectivity index (χ3v) is 5.40. The molecule has 1 aliphatic rings. The number of nitrogens with one attached hydrogen (secondary N) is 1. The lowest BCUT2D eigenvalue weighted by molar-refractivity contribution is -0.150. The molecule has 0 atom stereocenters. The molecule has 3 rings (SSSR count). The quantitative estimate of drug-likeness (QED) is 0.711. The van der Waals surface area contributed by atoms with Crippen LogP contribution in [0.3, 0.4) is 0 Å². The summed E-state index contributed by atoms with van der Waals surface area (Å²) in [5.74, 6) is 0.293. The van der Waals surface area contributed by atoms with Gasteiger partial charge in [0.05, 0.1) is 11.4 Å². The SMILES string of the molecule is Cc1ccc(CN(C)C(=O)COC(=O)CN=C2NS(=O)(=O)c3ccccc32)o1. The topological polar surface area (TPSA) is 118 Å². The van der Waals surface area contributed by atoms with Gasteiger partial charge in [-0.25, -0.2) is 8.42 Å². The lowest BCUT2D eigenvalue weighted by Gasteiger charge is -2.15. The summed E-state index contributed by atoms with van der Waals surface area (Å²) in [4.78, 5) is 29.4. The van der Waals surface area contributed by atoms with Crippen molar-refractivity contribution in [2.24, 2.45) is 4.99 Å². The minimum atomic E-state index is -3.67. The summed E-state index contributed by atoms with van der Waals surface area (Å²) >= 11 is 0. The summed E-state index contributed by atoms with van der Waals surface area (Å²) in [6, 6.07) is 9.87. The average molecular weight is 405 g/mol. The Labute approximate surface area is 162 Å². The molecule has 0 spiro atoms. The number of aliphatic imine (C=N–C) groups is 1. The Balaban J connectivity index is 1.52. The van der Waals surface area contributed by atoms with Gasteiger partial charge in [-0.05, 0) is 31.2 Å².